The van der Waals surface area contributed by atoms with Crippen LogP contribution >= 0.6 is 0 Å². The lowest BCUT2D eigenvalue weighted by atomic mass is 10.1. The van der Waals surface area contributed by atoms with Crippen LogP contribution < -0.4 is 4.72 Å². The summed E-state index contributed by atoms with van der Waals surface area (Å²) < 4.78 is 28.1. The summed E-state index contributed by atoms with van der Waals surface area (Å²) in [7, 11) is -3.77. The lowest BCUT2D eigenvalue weighted by Gasteiger charge is -2.22. The summed E-state index contributed by atoms with van der Waals surface area (Å²) in [6, 6.07) is 11.9. The second kappa shape index (κ2) is 9.04. The number of unbranched alkanes of at least 4 members (excludes halogenated alkanes) is 1. The van der Waals surface area contributed by atoms with Crippen LogP contribution in [-0.2, 0) is 10.0 Å². The fourth-order valence-corrected chi connectivity index (χ4v) is 3.92. The van der Waals surface area contributed by atoms with E-state index in [1.54, 1.807) is 29.2 Å². The molecule has 0 aliphatic carbocycles. The minimum Gasteiger partial charge on any atom is -0.339 e. The van der Waals surface area contributed by atoms with Gasteiger partial charge in [0.15, 0.2) is 0 Å². The van der Waals surface area contributed by atoms with Gasteiger partial charge in [-0.25, -0.2) is 8.42 Å². The van der Waals surface area contributed by atoms with Crippen LogP contribution in [0.15, 0.2) is 47.4 Å². The van der Waals surface area contributed by atoms with Crippen molar-refractivity contribution >= 4 is 21.6 Å². The zero-order chi connectivity index (χ0) is 20.0. The number of carbonyl (C=O) groups excluding carboxylic acids is 1. The summed E-state index contributed by atoms with van der Waals surface area (Å²) in [6.07, 6.45) is 1.92. The largest absolute Gasteiger partial charge is 0.339 e. The van der Waals surface area contributed by atoms with E-state index >= 15 is 0 Å². The molecule has 0 aliphatic rings. The highest BCUT2D eigenvalue weighted by molar-refractivity contribution is 7.92. The van der Waals surface area contributed by atoms with Crippen molar-refractivity contribution < 1.29 is 13.2 Å². The first-order valence-electron chi connectivity index (χ1n) is 9.28. The molecule has 0 radical (unpaired) electrons. The summed E-state index contributed by atoms with van der Waals surface area (Å²) in [6.45, 7) is 9.00. The lowest BCUT2D eigenvalue weighted by molar-refractivity contribution is 0.0761. The predicted octanol–water partition coefficient (Wildman–Crippen LogP) is 4.37. The molecule has 1 amide bonds. The number of carbonyl (C=O) groups is 1. The lowest BCUT2D eigenvalue weighted by Crippen LogP contribution is -2.32. The molecule has 0 aliphatic heterocycles. The number of aryl methyl sites for hydroxylation is 2. The average molecular weight is 389 g/mol. The van der Waals surface area contributed by atoms with Crippen molar-refractivity contribution in [2.24, 2.45) is 0 Å². The Labute approximate surface area is 162 Å². The third-order valence-corrected chi connectivity index (χ3v) is 5.85. The van der Waals surface area contributed by atoms with E-state index in [0.29, 0.717) is 24.3 Å². The number of benzene rings is 2. The normalized spacial score (nSPS) is 11.3. The van der Waals surface area contributed by atoms with Crippen molar-refractivity contribution in [2.75, 3.05) is 17.8 Å². The number of amides is 1. The number of nitrogens with one attached hydrogen (secondary N) is 1. The van der Waals surface area contributed by atoms with Crippen LogP contribution in [0.3, 0.4) is 0 Å². The predicted molar refractivity (Wildman–Crippen MR) is 110 cm³/mol. The Balaban J connectivity index is 2.33. The van der Waals surface area contributed by atoms with Crippen LogP contribution in [0.25, 0.3) is 0 Å². The molecule has 0 spiro atoms. The van der Waals surface area contributed by atoms with Crippen molar-refractivity contribution in [2.45, 2.75) is 45.4 Å². The molecular weight excluding hydrogens is 360 g/mol. The third-order valence-electron chi connectivity index (χ3n) is 4.47. The van der Waals surface area contributed by atoms with Crippen molar-refractivity contribution in [3.63, 3.8) is 0 Å². The summed E-state index contributed by atoms with van der Waals surface area (Å²) in [5.41, 5.74) is 2.66. The molecule has 0 saturated carbocycles. The van der Waals surface area contributed by atoms with Crippen LogP contribution in [0.5, 0.6) is 0 Å². The quantitative estimate of drug-likeness (QED) is 0.730. The second-order valence-electron chi connectivity index (χ2n) is 6.69. The van der Waals surface area contributed by atoms with E-state index in [4.69, 9.17) is 0 Å². The standard InChI is InChI=1S/C21H28N2O3S/c1-5-7-13-23(6-2)21(24)20-15-19(12-11-17(20)4)27(25,26)22-18-10-8-9-16(3)14-18/h8-12,14-15,22H,5-7,13H2,1-4H3. The first kappa shape index (κ1) is 21.0. The molecule has 27 heavy (non-hydrogen) atoms. The summed E-state index contributed by atoms with van der Waals surface area (Å²) in [4.78, 5) is 14.7. The fourth-order valence-electron chi connectivity index (χ4n) is 2.84. The van der Waals surface area contributed by atoms with Gasteiger partial charge < -0.3 is 4.90 Å². The summed E-state index contributed by atoms with van der Waals surface area (Å²) in [5.74, 6) is -0.129. The summed E-state index contributed by atoms with van der Waals surface area (Å²) in [5, 5.41) is 0. The summed E-state index contributed by atoms with van der Waals surface area (Å²) >= 11 is 0. The molecule has 0 aromatic heterocycles. The van der Waals surface area contributed by atoms with E-state index in [0.717, 1.165) is 24.0 Å². The van der Waals surface area contributed by atoms with Gasteiger partial charge in [-0.1, -0.05) is 31.5 Å². The van der Waals surface area contributed by atoms with Gasteiger partial charge in [0.25, 0.3) is 15.9 Å². The minimum absolute atomic E-state index is 0.0875. The molecule has 0 bridgehead atoms. The number of anilines is 1. The molecular formula is C21H28N2O3S. The Morgan fingerprint density at radius 2 is 1.81 bits per heavy atom. The molecule has 5 nitrogen and oxygen atoms in total. The van der Waals surface area contributed by atoms with Crippen LogP contribution in [-0.4, -0.2) is 32.3 Å². The van der Waals surface area contributed by atoms with Gasteiger partial charge in [0.1, 0.15) is 0 Å². The third kappa shape index (κ3) is 5.32. The number of sulfonamides is 1. The van der Waals surface area contributed by atoms with Gasteiger partial charge in [0.2, 0.25) is 0 Å². The number of rotatable bonds is 8. The van der Waals surface area contributed by atoms with Crippen molar-refractivity contribution in [3.05, 3.63) is 59.2 Å². The molecule has 0 atom stereocenters. The molecule has 6 heteroatoms. The molecule has 2 aromatic carbocycles. The molecule has 0 saturated heterocycles. The Bertz CT molecular complexity index is 907. The smallest absolute Gasteiger partial charge is 0.261 e. The topological polar surface area (TPSA) is 66.5 Å². The van der Waals surface area contributed by atoms with Crippen LogP contribution in [0, 0.1) is 13.8 Å². The highest BCUT2D eigenvalue weighted by atomic mass is 32.2. The maximum atomic E-state index is 12.9. The van der Waals surface area contributed by atoms with E-state index in [-0.39, 0.29) is 10.8 Å². The van der Waals surface area contributed by atoms with Gasteiger partial charge in [0.05, 0.1) is 4.90 Å². The van der Waals surface area contributed by atoms with Crippen molar-refractivity contribution in [1.29, 1.82) is 0 Å². The molecule has 2 aromatic rings. The van der Waals surface area contributed by atoms with Crippen LogP contribution in [0.1, 0.15) is 48.2 Å². The Morgan fingerprint density at radius 3 is 2.44 bits per heavy atom. The fraction of sp³-hybridized carbons (Fsp3) is 0.381. The molecule has 1 N–H and O–H groups in total. The molecule has 0 fully saturated rings. The van der Waals surface area contributed by atoms with Gasteiger partial charge in [-0.05, 0) is 62.6 Å². The van der Waals surface area contributed by atoms with Gasteiger partial charge in [-0.3, -0.25) is 9.52 Å². The highest BCUT2D eigenvalue weighted by Crippen LogP contribution is 2.21. The monoisotopic (exact) mass is 388 g/mol. The molecule has 146 valence electrons. The first-order chi connectivity index (χ1) is 12.8. The van der Waals surface area contributed by atoms with Gasteiger partial charge >= 0.3 is 0 Å². The molecule has 0 unspecified atom stereocenters. The highest BCUT2D eigenvalue weighted by Gasteiger charge is 2.21. The maximum Gasteiger partial charge on any atom is 0.261 e. The number of nitrogens with zero attached hydrogens (tertiary/aromatic N) is 1. The Hall–Kier alpha value is -2.34. The van der Waals surface area contributed by atoms with Crippen LogP contribution in [0.4, 0.5) is 5.69 Å². The van der Waals surface area contributed by atoms with Gasteiger partial charge in [-0.15, -0.1) is 0 Å². The zero-order valence-electron chi connectivity index (χ0n) is 16.5. The van der Waals surface area contributed by atoms with E-state index in [9.17, 15) is 13.2 Å². The van der Waals surface area contributed by atoms with E-state index in [1.807, 2.05) is 26.8 Å². The van der Waals surface area contributed by atoms with E-state index < -0.39 is 10.0 Å². The van der Waals surface area contributed by atoms with Gasteiger partial charge in [0, 0.05) is 24.3 Å². The Kier molecular flexibility index (Phi) is 7.02. The number of hydrogen-bond acceptors (Lipinski definition) is 3. The van der Waals surface area contributed by atoms with Crippen molar-refractivity contribution in [3.8, 4) is 0 Å². The van der Waals surface area contributed by atoms with Gasteiger partial charge in [-0.2, -0.15) is 0 Å². The maximum absolute atomic E-state index is 12.9. The van der Waals surface area contributed by atoms with Crippen molar-refractivity contribution in [1.82, 2.24) is 4.90 Å². The van der Waals surface area contributed by atoms with E-state index in [1.165, 1.54) is 12.1 Å². The second-order valence-corrected chi connectivity index (χ2v) is 8.37. The average Bonchev–Trinajstić information content (AvgIpc) is 2.62. The van der Waals surface area contributed by atoms with E-state index in [2.05, 4.69) is 11.6 Å². The first-order valence-corrected chi connectivity index (χ1v) is 10.8. The number of hydrogen-bond donors (Lipinski definition) is 1. The molecule has 0 heterocycles. The van der Waals surface area contributed by atoms with Crippen LogP contribution in [0.2, 0.25) is 0 Å². The Morgan fingerprint density at radius 1 is 1.07 bits per heavy atom. The molecule has 2 rings (SSSR count). The SMILES string of the molecule is CCCCN(CC)C(=O)c1cc(S(=O)(=O)Nc2cccc(C)c2)ccc1C. The zero-order valence-corrected chi connectivity index (χ0v) is 17.3. The minimum atomic E-state index is -3.77.